The number of nitrogens with one attached hydrogen (secondary N) is 1. The number of benzene rings is 1. The van der Waals surface area contributed by atoms with Gasteiger partial charge in [0.05, 0.1) is 0 Å². The molecule has 2 aliphatic heterocycles. The van der Waals surface area contributed by atoms with E-state index in [-0.39, 0.29) is 29.8 Å². The first-order valence-electron chi connectivity index (χ1n) is 9.80. The lowest BCUT2D eigenvalue weighted by atomic mass is 10.1. The second-order valence-corrected chi connectivity index (χ2v) is 7.48. The molecule has 4 rings (SSSR count). The molecule has 1 saturated carbocycles. The van der Waals surface area contributed by atoms with Gasteiger partial charge in [0.2, 0.25) is 0 Å². The van der Waals surface area contributed by atoms with Crippen LogP contribution in [0, 0.1) is 5.82 Å². The number of amides is 1. The molecule has 6 nitrogen and oxygen atoms in total. The molecule has 3 unspecified atom stereocenters. The van der Waals surface area contributed by atoms with Crippen molar-refractivity contribution in [1.82, 2.24) is 15.1 Å². The summed E-state index contributed by atoms with van der Waals surface area (Å²) in [4.78, 5) is 20.9. The van der Waals surface area contributed by atoms with E-state index in [1.807, 2.05) is 17.0 Å². The summed E-state index contributed by atoms with van der Waals surface area (Å²) in [5, 5.41) is 3.47. The van der Waals surface area contributed by atoms with E-state index in [4.69, 9.17) is 4.74 Å². The largest absolute Gasteiger partial charge is 0.368 e. The fourth-order valence-electron chi connectivity index (χ4n) is 4.05. The third-order valence-electron chi connectivity index (χ3n) is 5.72. The van der Waals surface area contributed by atoms with E-state index in [9.17, 15) is 9.18 Å². The Labute approximate surface area is 159 Å². The first-order chi connectivity index (χ1) is 13.2. The van der Waals surface area contributed by atoms with E-state index >= 15 is 0 Å². The van der Waals surface area contributed by atoms with E-state index in [0.29, 0.717) is 19.7 Å². The Morgan fingerprint density at radius 1 is 1.22 bits per heavy atom. The molecule has 0 bridgehead atoms. The minimum Gasteiger partial charge on any atom is -0.368 e. The quantitative estimate of drug-likeness (QED) is 0.645. The molecule has 3 atom stereocenters. The van der Waals surface area contributed by atoms with E-state index in [0.717, 1.165) is 43.9 Å². The fraction of sp³-hybridized carbons (Fsp3) is 0.600. The highest BCUT2D eigenvalue weighted by Gasteiger charge is 2.41. The van der Waals surface area contributed by atoms with Crippen molar-refractivity contribution in [1.29, 1.82) is 0 Å². The Hall–Kier alpha value is -2.15. The lowest BCUT2D eigenvalue weighted by Gasteiger charge is -2.37. The maximum atomic E-state index is 14.0. The standard InChI is InChI=1S/C20H27FN4O2/c1-22-20(23-17-13-15(17)14-5-2-3-6-16(14)21)25-10-8-24(9-11-25)19(26)18-7-4-12-27-18/h2-3,5-6,15,17-18H,4,7-13H2,1H3,(H,22,23). The van der Waals surface area contributed by atoms with E-state index in [1.54, 1.807) is 13.1 Å². The number of rotatable bonds is 3. The molecule has 0 spiro atoms. The van der Waals surface area contributed by atoms with E-state index in [1.165, 1.54) is 6.07 Å². The average Bonchev–Trinajstić information content (AvgIpc) is 3.23. The third kappa shape index (κ3) is 3.93. The molecule has 3 fully saturated rings. The smallest absolute Gasteiger partial charge is 0.251 e. The minimum absolute atomic E-state index is 0.122. The molecule has 3 aliphatic rings. The SMILES string of the molecule is CN=C(NC1CC1c1ccccc1F)N1CCN(C(=O)C2CCCO2)CC1. The second-order valence-electron chi connectivity index (χ2n) is 7.48. The Bertz CT molecular complexity index is 712. The van der Waals surface area contributed by atoms with Gasteiger partial charge < -0.3 is 19.9 Å². The van der Waals surface area contributed by atoms with Crippen molar-refractivity contribution >= 4 is 11.9 Å². The Morgan fingerprint density at radius 2 is 1.96 bits per heavy atom. The van der Waals surface area contributed by atoms with Crippen molar-refractivity contribution in [2.75, 3.05) is 39.8 Å². The van der Waals surface area contributed by atoms with Gasteiger partial charge in [-0.15, -0.1) is 0 Å². The highest BCUT2D eigenvalue weighted by atomic mass is 19.1. The summed E-state index contributed by atoms with van der Waals surface area (Å²) in [6.07, 6.45) is 2.47. The topological polar surface area (TPSA) is 57.2 Å². The molecule has 146 valence electrons. The number of guanidine groups is 1. The zero-order chi connectivity index (χ0) is 18.8. The van der Waals surface area contributed by atoms with Crippen LogP contribution in [0.2, 0.25) is 0 Å². The van der Waals surface area contributed by atoms with Gasteiger partial charge in [-0.1, -0.05) is 18.2 Å². The fourth-order valence-corrected chi connectivity index (χ4v) is 4.05. The van der Waals surface area contributed by atoms with Crippen LogP contribution in [0.3, 0.4) is 0 Å². The van der Waals surface area contributed by atoms with Crippen molar-refractivity contribution in [2.45, 2.75) is 37.3 Å². The average molecular weight is 374 g/mol. The minimum atomic E-state index is -0.248. The highest BCUT2D eigenvalue weighted by Crippen LogP contribution is 2.41. The number of nitrogens with zero attached hydrogens (tertiary/aromatic N) is 3. The maximum Gasteiger partial charge on any atom is 0.251 e. The van der Waals surface area contributed by atoms with Gasteiger partial charge in [-0.2, -0.15) is 0 Å². The van der Waals surface area contributed by atoms with Crippen molar-refractivity contribution < 1.29 is 13.9 Å². The summed E-state index contributed by atoms with van der Waals surface area (Å²) < 4.78 is 19.5. The molecule has 1 aromatic carbocycles. The van der Waals surface area contributed by atoms with Crippen LogP contribution in [0.1, 0.15) is 30.7 Å². The van der Waals surface area contributed by atoms with Crippen LogP contribution in [0.5, 0.6) is 0 Å². The molecule has 27 heavy (non-hydrogen) atoms. The number of ether oxygens (including phenoxy) is 1. The summed E-state index contributed by atoms with van der Waals surface area (Å²) in [7, 11) is 1.77. The Morgan fingerprint density at radius 3 is 2.63 bits per heavy atom. The molecular weight excluding hydrogens is 347 g/mol. The molecule has 0 radical (unpaired) electrons. The van der Waals surface area contributed by atoms with Crippen molar-refractivity contribution in [3.63, 3.8) is 0 Å². The predicted octanol–water partition coefficient (Wildman–Crippen LogP) is 1.58. The molecule has 0 aromatic heterocycles. The molecular formula is C20H27FN4O2. The van der Waals surface area contributed by atoms with Gasteiger partial charge in [-0.05, 0) is 30.9 Å². The Kier molecular flexibility index (Phi) is 5.29. The summed E-state index contributed by atoms with van der Waals surface area (Å²) in [6.45, 7) is 3.55. The van der Waals surface area contributed by atoms with Gasteiger partial charge >= 0.3 is 0 Å². The monoisotopic (exact) mass is 374 g/mol. The number of carbonyl (C=O) groups excluding carboxylic acids is 1. The lowest BCUT2D eigenvalue weighted by Crippen LogP contribution is -2.55. The highest BCUT2D eigenvalue weighted by molar-refractivity contribution is 5.83. The number of halogens is 1. The second kappa shape index (κ2) is 7.84. The van der Waals surface area contributed by atoms with Crippen LogP contribution in [0.15, 0.2) is 29.3 Å². The van der Waals surface area contributed by atoms with Gasteiger partial charge in [0, 0.05) is 51.8 Å². The van der Waals surface area contributed by atoms with E-state index in [2.05, 4.69) is 15.2 Å². The van der Waals surface area contributed by atoms with Crippen molar-refractivity contribution in [3.8, 4) is 0 Å². The summed E-state index contributed by atoms with van der Waals surface area (Å²) in [5.41, 5.74) is 0.775. The zero-order valence-electron chi connectivity index (χ0n) is 15.7. The maximum absolute atomic E-state index is 14.0. The lowest BCUT2D eigenvalue weighted by molar-refractivity contribution is -0.142. The van der Waals surface area contributed by atoms with Crippen LogP contribution in [0.4, 0.5) is 4.39 Å². The van der Waals surface area contributed by atoms with Crippen LogP contribution < -0.4 is 5.32 Å². The molecule has 1 aliphatic carbocycles. The normalized spacial score (nSPS) is 28.4. The first-order valence-corrected chi connectivity index (χ1v) is 9.80. The number of aliphatic imine (C=N–C) groups is 1. The molecule has 1 aromatic rings. The molecule has 7 heteroatoms. The van der Waals surface area contributed by atoms with Crippen LogP contribution >= 0.6 is 0 Å². The molecule has 2 saturated heterocycles. The summed E-state index contributed by atoms with van der Waals surface area (Å²) in [6, 6.07) is 7.20. The predicted molar refractivity (Wildman–Crippen MR) is 101 cm³/mol. The number of carbonyl (C=O) groups is 1. The van der Waals surface area contributed by atoms with Gasteiger partial charge in [0.15, 0.2) is 5.96 Å². The molecule has 2 heterocycles. The van der Waals surface area contributed by atoms with Gasteiger partial charge in [0.1, 0.15) is 11.9 Å². The van der Waals surface area contributed by atoms with Gasteiger partial charge in [-0.25, -0.2) is 4.39 Å². The Balaban J connectivity index is 1.29. The van der Waals surface area contributed by atoms with E-state index < -0.39 is 0 Å². The number of hydrogen-bond donors (Lipinski definition) is 1. The molecule has 1 N–H and O–H groups in total. The summed E-state index contributed by atoms with van der Waals surface area (Å²) in [5.74, 6) is 1.02. The zero-order valence-corrected chi connectivity index (χ0v) is 15.7. The van der Waals surface area contributed by atoms with Gasteiger partial charge in [-0.3, -0.25) is 9.79 Å². The number of hydrogen-bond acceptors (Lipinski definition) is 3. The summed E-state index contributed by atoms with van der Waals surface area (Å²) >= 11 is 0. The van der Waals surface area contributed by atoms with Crippen molar-refractivity contribution in [3.05, 3.63) is 35.6 Å². The molecule has 1 amide bonds. The van der Waals surface area contributed by atoms with Crippen LogP contribution in [-0.4, -0.2) is 73.6 Å². The third-order valence-corrected chi connectivity index (χ3v) is 5.72. The van der Waals surface area contributed by atoms with Crippen molar-refractivity contribution in [2.24, 2.45) is 4.99 Å². The number of piperazine rings is 1. The van der Waals surface area contributed by atoms with Gasteiger partial charge in [0.25, 0.3) is 5.91 Å². The first kappa shape index (κ1) is 18.2. The van der Waals surface area contributed by atoms with Crippen LogP contribution in [0.25, 0.3) is 0 Å². The van der Waals surface area contributed by atoms with Crippen LogP contribution in [-0.2, 0) is 9.53 Å².